The van der Waals surface area contributed by atoms with E-state index < -0.39 is 0 Å². The summed E-state index contributed by atoms with van der Waals surface area (Å²) in [5, 5.41) is 8.89. The maximum Gasteiger partial charge on any atom is 0.223 e. The lowest BCUT2D eigenvalue weighted by Crippen LogP contribution is -2.48. The summed E-state index contributed by atoms with van der Waals surface area (Å²) in [5.74, 6) is 0.606. The Morgan fingerprint density at radius 1 is 1.18 bits per heavy atom. The van der Waals surface area contributed by atoms with Gasteiger partial charge in [0.1, 0.15) is 0 Å². The van der Waals surface area contributed by atoms with Gasteiger partial charge in [0.2, 0.25) is 5.95 Å². The Morgan fingerprint density at radius 2 is 2.06 bits per heavy atom. The molecule has 0 saturated heterocycles. The first kappa shape index (κ1) is 21.7. The number of nitrogens with one attached hydrogen (secondary N) is 3. The van der Waals surface area contributed by atoms with Crippen molar-refractivity contribution in [2.24, 2.45) is 0 Å². The Balaban J connectivity index is 1.30. The van der Waals surface area contributed by atoms with E-state index in [9.17, 15) is 0 Å². The van der Waals surface area contributed by atoms with Crippen molar-refractivity contribution in [3.63, 3.8) is 0 Å². The average Bonchev–Trinajstić information content (AvgIpc) is 3.24. The molecule has 1 aliphatic carbocycles. The molecule has 0 amide bonds. The summed E-state index contributed by atoms with van der Waals surface area (Å²) in [6.07, 6.45) is 9.62. The maximum atomic E-state index is 6.49. The molecule has 1 aromatic carbocycles. The van der Waals surface area contributed by atoms with Crippen molar-refractivity contribution in [2.45, 2.75) is 50.7 Å². The van der Waals surface area contributed by atoms with Crippen LogP contribution in [0.25, 0.3) is 22.2 Å². The van der Waals surface area contributed by atoms with Crippen LogP contribution in [0.4, 0.5) is 11.6 Å². The third-order valence-electron chi connectivity index (χ3n) is 6.44. The zero-order valence-electron chi connectivity index (χ0n) is 18.6. The van der Waals surface area contributed by atoms with Gasteiger partial charge in [0.15, 0.2) is 0 Å². The van der Waals surface area contributed by atoms with Gasteiger partial charge in [0.25, 0.3) is 0 Å². The van der Waals surface area contributed by atoms with Crippen LogP contribution in [0.5, 0.6) is 0 Å². The molecule has 1 saturated carbocycles. The quantitative estimate of drug-likeness (QED) is 0.316. The molecule has 5 rings (SSSR count). The number of nitrogen functional groups attached to an aromatic ring is 1. The molecule has 0 bridgehead atoms. The highest BCUT2D eigenvalue weighted by molar-refractivity contribution is 6.33. The molecule has 1 fully saturated rings. The molecule has 33 heavy (non-hydrogen) atoms. The van der Waals surface area contributed by atoms with Crippen molar-refractivity contribution in [3.05, 3.63) is 65.7 Å². The highest BCUT2D eigenvalue weighted by atomic mass is 35.5. The maximum absolute atomic E-state index is 6.49. The molecule has 1 aliphatic rings. The van der Waals surface area contributed by atoms with Crippen molar-refractivity contribution >= 4 is 34.1 Å². The van der Waals surface area contributed by atoms with Crippen LogP contribution in [0, 0.1) is 0 Å². The van der Waals surface area contributed by atoms with E-state index in [1.54, 1.807) is 12.4 Å². The topological polar surface area (TPSA) is 105 Å². The Morgan fingerprint density at radius 3 is 2.91 bits per heavy atom. The smallest absolute Gasteiger partial charge is 0.223 e. The Labute approximate surface area is 198 Å². The van der Waals surface area contributed by atoms with Gasteiger partial charge >= 0.3 is 0 Å². The van der Waals surface area contributed by atoms with E-state index in [0.717, 1.165) is 53.5 Å². The number of rotatable bonds is 6. The zero-order valence-corrected chi connectivity index (χ0v) is 19.4. The summed E-state index contributed by atoms with van der Waals surface area (Å²) >= 11 is 6.49. The number of para-hydroxylation sites is 1. The zero-order chi connectivity index (χ0) is 22.8. The average molecular weight is 462 g/mol. The predicted octanol–water partition coefficient (Wildman–Crippen LogP) is 5.16. The minimum absolute atomic E-state index is 0.00504. The number of pyridine rings is 1. The van der Waals surface area contributed by atoms with Crippen LogP contribution < -0.4 is 16.4 Å². The van der Waals surface area contributed by atoms with Crippen LogP contribution in [-0.4, -0.2) is 31.5 Å². The van der Waals surface area contributed by atoms with Crippen LogP contribution in [0.15, 0.2) is 55.0 Å². The molecular weight excluding hydrogens is 434 g/mol. The number of anilines is 2. The van der Waals surface area contributed by atoms with Crippen molar-refractivity contribution < 1.29 is 0 Å². The SMILES string of the molecule is C[C@]1(NCc2ccc(N)cn2)CCC[C@@H](Nc2ncc(Cl)c(-c3c[nH]c4ccccc34)n2)C1. The predicted molar refractivity (Wildman–Crippen MR) is 134 cm³/mol. The van der Waals surface area contributed by atoms with Crippen molar-refractivity contribution in [1.29, 1.82) is 0 Å². The van der Waals surface area contributed by atoms with Gasteiger partial charge in [-0.25, -0.2) is 9.97 Å². The highest BCUT2D eigenvalue weighted by Gasteiger charge is 2.32. The molecule has 2 atom stereocenters. The molecule has 5 N–H and O–H groups in total. The number of hydrogen-bond donors (Lipinski definition) is 4. The summed E-state index contributed by atoms with van der Waals surface area (Å²) in [7, 11) is 0. The molecule has 3 aromatic heterocycles. The summed E-state index contributed by atoms with van der Waals surface area (Å²) in [4.78, 5) is 17.0. The summed E-state index contributed by atoms with van der Waals surface area (Å²) in [6, 6.07) is 12.3. The molecule has 0 spiro atoms. The lowest BCUT2D eigenvalue weighted by atomic mass is 9.80. The van der Waals surface area contributed by atoms with Gasteiger partial charge in [-0.15, -0.1) is 0 Å². The van der Waals surface area contributed by atoms with Crippen LogP contribution in [-0.2, 0) is 6.54 Å². The summed E-state index contributed by atoms with van der Waals surface area (Å²) < 4.78 is 0. The van der Waals surface area contributed by atoms with E-state index >= 15 is 0 Å². The number of H-pyrrole nitrogens is 1. The van der Waals surface area contributed by atoms with Gasteiger partial charge in [-0.3, -0.25) is 4.98 Å². The number of benzene rings is 1. The first-order chi connectivity index (χ1) is 16.0. The third kappa shape index (κ3) is 4.79. The van der Waals surface area contributed by atoms with E-state index in [4.69, 9.17) is 22.3 Å². The fraction of sp³-hybridized carbons (Fsp3) is 0.320. The van der Waals surface area contributed by atoms with Gasteiger partial charge in [-0.1, -0.05) is 29.8 Å². The number of nitrogens with two attached hydrogens (primary N) is 1. The molecule has 0 aliphatic heterocycles. The molecule has 0 unspecified atom stereocenters. The number of halogens is 1. The first-order valence-corrected chi connectivity index (χ1v) is 11.7. The van der Waals surface area contributed by atoms with Gasteiger partial charge in [0, 0.05) is 40.8 Å². The normalized spacial score (nSPS) is 20.7. The van der Waals surface area contributed by atoms with Crippen LogP contribution in [0.2, 0.25) is 5.02 Å². The van der Waals surface area contributed by atoms with E-state index in [1.165, 1.54) is 0 Å². The second-order valence-corrected chi connectivity index (χ2v) is 9.48. The molecular formula is C25H28ClN7. The van der Waals surface area contributed by atoms with Crippen LogP contribution >= 0.6 is 11.6 Å². The molecule has 0 radical (unpaired) electrons. The largest absolute Gasteiger partial charge is 0.397 e. The van der Waals surface area contributed by atoms with E-state index in [-0.39, 0.29) is 11.6 Å². The summed E-state index contributed by atoms with van der Waals surface area (Å²) in [6.45, 7) is 2.99. The minimum Gasteiger partial charge on any atom is -0.397 e. The first-order valence-electron chi connectivity index (χ1n) is 11.3. The van der Waals surface area contributed by atoms with Gasteiger partial charge in [-0.2, -0.15) is 0 Å². The fourth-order valence-corrected chi connectivity index (χ4v) is 4.88. The van der Waals surface area contributed by atoms with Gasteiger partial charge < -0.3 is 21.4 Å². The molecule has 170 valence electrons. The third-order valence-corrected chi connectivity index (χ3v) is 6.72. The highest BCUT2D eigenvalue weighted by Crippen LogP contribution is 2.34. The lowest BCUT2D eigenvalue weighted by molar-refractivity contribution is 0.238. The fourth-order valence-electron chi connectivity index (χ4n) is 4.69. The second kappa shape index (κ2) is 9.00. The Bertz CT molecular complexity index is 1250. The van der Waals surface area contributed by atoms with Crippen molar-refractivity contribution in [3.8, 4) is 11.3 Å². The van der Waals surface area contributed by atoms with Gasteiger partial charge in [-0.05, 0) is 50.8 Å². The van der Waals surface area contributed by atoms with Crippen molar-refractivity contribution in [2.75, 3.05) is 11.1 Å². The molecule has 7 nitrogen and oxygen atoms in total. The lowest BCUT2D eigenvalue weighted by Gasteiger charge is -2.39. The number of fused-ring (bicyclic) bond motifs is 1. The minimum atomic E-state index is 0.00504. The van der Waals surface area contributed by atoms with Crippen LogP contribution in [0.3, 0.4) is 0 Å². The van der Waals surface area contributed by atoms with Gasteiger partial charge in [0.05, 0.1) is 34.5 Å². The van der Waals surface area contributed by atoms with E-state index in [2.05, 4.69) is 38.6 Å². The summed E-state index contributed by atoms with van der Waals surface area (Å²) in [5.41, 5.74) is 10.2. The van der Waals surface area contributed by atoms with E-state index in [1.807, 2.05) is 36.5 Å². The van der Waals surface area contributed by atoms with E-state index in [0.29, 0.717) is 23.2 Å². The monoisotopic (exact) mass is 461 g/mol. The number of nitrogens with zero attached hydrogens (tertiary/aromatic N) is 3. The van der Waals surface area contributed by atoms with Crippen molar-refractivity contribution in [1.82, 2.24) is 25.3 Å². The van der Waals surface area contributed by atoms with Crippen LogP contribution in [0.1, 0.15) is 38.3 Å². The molecule has 3 heterocycles. The molecule has 4 aromatic rings. The standard InChI is InChI=1S/C25H28ClN7/c1-25(31-13-18-9-8-16(27)12-28-18)10-4-5-17(11-25)32-24-30-15-21(26)23(33-24)20-14-29-22-7-3-2-6-19(20)22/h2-3,6-9,12,14-15,17,29,31H,4-5,10-11,13,27H2,1H3,(H,30,32,33)/t17-,25+/m1/s1. The number of aromatic nitrogens is 4. The molecule has 8 heteroatoms. The Kier molecular flexibility index (Phi) is 5.91. The second-order valence-electron chi connectivity index (χ2n) is 9.07. The number of aromatic amines is 1. The number of hydrogen-bond acceptors (Lipinski definition) is 6. The Hall–Kier alpha value is -3.16.